The average molecular weight is 481 g/mol. The molecule has 164 valence electrons. The molecule has 30 heavy (non-hydrogen) atoms. The van der Waals surface area contributed by atoms with Crippen molar-refractivity contribution in [2.24, 2.45) is 10.9 Å². The van der Waals surface area contributed by atoms with Crippen LogP contribution in [0.5, 0.6) is 0 Å². The first-order valence-electron chi connectivity index (χ1n) is 10.2. The van der Waals surface area contributed by atoms with Crippen molar-refractivity contribution in [3.05, 3.63) is 28.2 Å². The first-order valence-corrected chi connectivity index (χ1v) is 11.0. The van der Waals surface area contributed by atoms with Crippen LogP contribution in [-0.2, 0) is 20.7 Å². The van der Waals surface area contributed by atoms with E-state index in [1.54, 1.807) is 0 Å². The van der Waals surface area contributed by atoms with Crippen LogP contribution in [0.2, 0.25) is 0 Å². The van der Waals surface area contributed by atoms with Crippen LogP contribution in [0.1, 0.15) is 32.3 Å². The smallest absolute Gasteiger partial charge is 0.407 e. The van der Waals surface area contributed by atoms with Gasteiger partial charge < -0.3 is 25.0 Å². The molecule has 0 spiro atoms. The zero-order valence-electron chi connectivity index (χ0n) is 17.6. The second kappa shape index (κ2) is 10.3. The van der Waals surface area contributed by atoms with E-state index in [1.165, 1.54) is 7.11 Å². The number of hydrogen-bond acceptors (Lipinski definition) is 6. The zero-order chi connectivity index (χ0) is 21.7. The van der Waals surface area contributed by atoms with Gasteiger partial charge in [-0.05, 0) is 42.9 Å². The molecule has 2 atom stereocenters. The lowest BCUT2D eigenvalue weighted by molar-refractivity contribution is -0.134. The van der Waals surface area contributed by atoms with Gasteiger partial charge in [0.05, 0.1) is 25.4 Å². The quantitative estimate of drug-likeness (QED) is 0.690. The van der Waals surface area contributed by atoms with Gasteiger partial charge in [-0.1, -0.05) is 35.8 Å². The predicted molar refractivity (Wildman–Crippen MR) is 118 cm³/mol. The highest BCUT2D eigenvalue weighted by atomic mass is 79.9. The Bertz CT molecular complexity index is 814. The number of fused-ring (bicyclic) bond motifs is 1. The fourth-order valence-corrected chi connectivity index (χ4v) is 4.14. The van der Waals surface area contributed by atoms with Crippen LogP contribution in [0, 0.1) is 5.92 Å². The molecule has 0 bridgehead atoms. The van der Waals surface area contributed by atoms with Gasteiger partial charge in [0.2, 0.25) is 5.91 Å². The summed E-state index contributed by atoms with van der Waals surface area (Å²) in [6.07, 6.45) is 1.83. The Morgan fingerprint density at radius 2 is 2.20 bits per heavy atom. The van der Waals surface area contributed by atoms with Crippen molar-refractivity contribution in [1.29, 1.82) is 0 Å². The molecule has 1 aromatic rings. The maximum absolute atomic E-state index is 13.3. The van der Waals surface area contributed by atoms with E-state index in [9.17, 15) is 9.59 Å². The molecule has 9 heteroatoms. The summed E-state index contributed by atoms with van der Waals surface area (Å²) in [5.74, 6) is 0.508. The highest BCUT2D eigenvalue weighted by molar-refractivity contribution is 9.10. The van der Waals surface area contributed by atoms with E-state index in [0.29, 0.717) is 25.7 Å². The standard InChI is InChI=1S/C21H29BrN4O4/c1-13(2)18(25-21(28)29-3)20(27)26-9-4-5-17(26)19-23-12-30-10-8-14-6-7-15(22)11-16(14)24-19/h6-7,11,13,17-18H,4-5,8-10,12H2,1-3H3,(H,23,24)(H,25,28)/t17-,18-/m0/s1. The number of benzene rings is 1. The third-order valence-electron chi connectivity index (χ3n) is 5.40. The van der Waals surface area contributed by atoms with E-state index >= 15 is 0 Å². The van der Waals surface area contributed by atoms with Crippen LogP contribution in [0.4, 0.5) is 10.5 Å². The van der Waals surface area contributed by atoms with Crippen molar-refractivity contribution < 1.29 is 19.1 Å². The van der Waals surface area contributed by atoms with E-state index in [2.05, 4.69) is 26.6 Å². The van der Waals surface area contributed by atoms with Gasteiger partial charge >= 0.3 is 6.09 Å². The van der Waals surface area contributed by atoms with Crippen LogP contribution < -0.4 is 10.6 Å². The number of hydrogen-bond donors (Lipinski definition) is 2. The molecule has 0 unspecified atom stereocenters. The van der Waals surface area contributed by atoms with Crippen molar-refractivity contribution in [2.45, 2.75) is 45.2 Å². The molecule has 0 radical (unpaired) electrons. The van der Waals surface area contributed by atoms with Crippen molar-refractivity contribution in [1.82, 2.24) is 15.5 Å². The molecular formula is C21H29BrN4O4. The third kappa shape index (κ3) is 5.31. The third-order valence-corrected chi connectivity index (χ3v) is 5.90. The molecule has 2 heterocycles. The molecule has 0 saturated carbocycles. The molecule has 1 aromatic carbocycles. The maximum Gasteiger partial charge on any atom is 0.407 e. The lowest BCUT2D eigenvalue weighted by Crippen LogP contribution is -2.55. The first-order chi connectivity index (χ1) is 14.4. The number of nitrogens with zero attached hydrogens (tertiary/aromatic N) is 2. The maximum atomic E-state index is 13.3. The van der Waals surface area contributed by atoms with Crippen LogP contribution in [0.3, 0.4) is 0 Å². The molecular weight excluding hydrogens is 452 g/mol. The van der Waals surface area contributed by atoms with Crippen molar-refractivity contribution >= 4 is 39.5 Å². The van der Waals surface area contributed by atoms with E-state index in [-0.39, 0.29) is 17.9 Å². The fraction of sp³-hybridized carbons (Fsp3) is 0.571. The van der Waals surface area contributed by atoms with Gasteiger partial charge in [0.15, 0.2) is 0 Å². The Morgan fingerprint density at radius 3 is 2.93 bits per heavy atom. The highest BCUT2D eigenvalue weighted by Crippen LogP contribution is 2.28. The Balaban J connectivity index is 1.90. The molecule has 3 rings (SSSR count). The van der Waals surface area contributed by atoms with Gasteiger partial charge in [0.25, 0.3) is 0 Å². The minimum absolute atomic E-state index is 0.0757. The van der Waals surface area contributed by atoms with Crippen molar-refractivity contribution in [3.8, 4) is 0 Å². The minimum atomic E-state index is -0.660. The molecule has 0 aromatic heterocycles. The molecule has 8 nitrogen and oxygen atoms in total. The fourth-order valence-electron chi connectivity index (χ4n) is 3.79. The highest BCUT2D eigenvalue weighted by Gasteiger charge is 2.38. The number of amidine groups is 1. The number of halogens is 1. The summed E-state index contributed by atoms with van der Waals surface area (Å²) in [6.45, 7) is 5.35. The average Bonchev–Trinajstić information content (AvgIpc) is 3.23. The second-order valence-electron chi connectivity index (χ2n) is 7.80. The first kappa shape index (κ1) is 22.6. The van der Waals surface area contributed by atoms with Gasteiger partial charge in [-0.3, -0.25) is 4.79 Å². The zero-order valence-corrected chi connectivity index (χ0v) is 19.2. The van der Waals surface area contributed by atoms with Gasteiger partial charge in [-0.25, -0.2) is 9.79 Å². The van der Waals surface area contributed by atoms with Crippen LogP contribution in [-0.4, -0.2) is 61.8 Å². The van der Waals surface area contributed by atoms with Gasteiger partial charge in [-0.15, -0.1) is 0 Å². The summed E-state index contributed by atoms with van der Waals surface area (Å²) in [6, 6.07) is 5.16. The van der Waals surface area contributed by atoms with Crippen LogP contribution >= 0.6 is 15.9 Å². The normalized spacial score (nSPS) is 22.0. The summed E-state index contributed by atoms with van der Waals surface area (Å²) in [4.78, 5) is 31.8. The number of methoxy groups -OCH3 is 1. The van der Waals surface area contributed by atoms with E-state index in [0.717, 1.165) is 35.0 Å². The molecule has 2 N–H and O–H groups in total. The number of likely N-dealkylation sites (tertiary alicyclic amines) is 1. The summed E-state index contributed by atoms with van der Waals surface area (Å²) in [7, 11) is 1.29. The summed E-state index contributed by atoms with van der Waals surface area (Å²) < 4.78 is 11.4. The topological polar surface area (TPSA) is 92.3 Å². The van der Waals surface area contributed by atoms with E-state index in [1.807, 2.05) is 36.9 Å². The van der Waals surface area contributed by atoms with E-state index in [4.69, 9.17) is 14.5 Å². The second-order valence-corrected chi connectivity index (χ2v) is 8.71. The molecule has 2 aliphatic heterocycles. The summed E-state index contributed by atoms with van der Waals surface area (Å²) in [5.41, 5.74) is 1.97. The molecule has 2 aliphatic rings. The lowest BCUT2D eigenvalue weighted by atomic mass is 10.0. The Labute approximate surface area is 185 Å². The van der Waals surface area contributed by atoms with Crippen molar-refractivity contribution in [2.75, 3.05) is 27.0 Å². The largest absolute Gasteiger partial charge is 0.453 e. The van der Waals surface area contributed by atoms with E-state index < -0.39 is 12.1 Å². The molecule has 0 aliphatic carbocycles. The molecule has 1 fully saturated rings. The van der Waals surface area contributed by atoms with Crippen LogP contribution in [0.15, 0.2) is 27.7 Å². The number of ether oxygens (including phenoxy) is 2. The van der Waals surface area contributed by atoms with Gasteiger partial charge in [-0.2, -0.15) is 0 Å². The monoisotopic (exact) mass is 480 g/mol. The number of carbonyl (C=O) groups is 2. The number of aliphatic imine (C=N–C) groups is 1. The van der Waals surface area contributed by atoms with Gasteiger partial charge in [0.1, 0.15) is 18.6 Å². The number of nitrogens with one attached hydrogen (secondary N) is 2. The Hall–Kier alpha value is -2.13. The molecule has 1 saturated heterocycles. The summed E-state index contributed by atoms with van der Waals surface area (Å²) in [5, 5.41) is 5.95. The van der Waals surface area contributed by atoms with Crippen molar-refractivity contribution in [3.63, 3.8) is 0 Å². The molecule has 2 amide bonds. The summed E-state index contributed by atoms with van der Waals surface area (Å²) >= 11 is 3.52. The lowest BCUT2D eigenvalue weighted by Gasteiger charge is -2.31. The number of carbonyl (C=O) groups excluding carboxylic acids is 2. The number of rotatable bonds is 4. The SMILES string of the molecule is COC(=O)N[C@H](C(=O)N1CCC[C@H]1/C1=N/c2cc(Br)ccc2CCOCN1)C(C)C. The van der Waals surface area contributed by atoms with Crippen LogP contribution in [0.25, 0.3) is 0 Å². The Kier molecular flexibility index (Phi) is 7.71. The predicted octanol–water partition coefficient (Wildman–Crippen LogP) is 2.97. The number of amides is 2. The number of alkyl carbamates (subject to hydrolysis) is 1. The Morgan fingerprint density at radius 1 is 1.40 bits per heavy atom. The van der Waals surface area contributed by atoms with Gasteiger partial charge in [0, 0.05) is 11.0 Å². The minimum Gasteiger partial charge on any atom is -0.453 e.